The van der Waals surface area contributed by atoms with E-state index in [9.17, 15) is 14.0 Å². The second-order valence-electron chi connectivity index (χ2n) is 7.33. The van der Waals surface area contributed by atoms with Crippen LogP contribution < -0.4 is 10.6 Å². The number of carbonyl (C=O) groups is 2. The molecule has 1 aliphatic rings. The van der Waals surface area contributed by atoms with Gasteiger partial charge in [-0.3, -0.25) is 9.59 Å². The summed E-state index contributed by atoms with van der Waals surface area (Å²) in [7, 11) is 0. The topological polar surface area (TPSA) is 58.2 Å². The summed E-state index contributed by atoms with van der Waals surface area (Å²) in [4.78, 5) is 24.3. The summed E-state index contributed by atoms with van der Waals surface area (Å²) in [6.45, 7) is 1.96. The van der Waals surface area contributed by atoms with Gasteiger partial charge in [-0.25, -0.2) is 4.39 Å². The fourth-order valence-corrected chi connectivity index (χ4v) is 3.67. The van der Waals surface area contributed by atoms with Gasteiger partial charge in [0.1, 0.15) is 5.82 Å². The lowest BCUT2D eigenvalue weighted by molar-refractivity contribution is -0.123. The van der Waals surface area contributed by atoms with E-state index in [1.54, 1.807) is 12.1 Å². The zero-order chi connectivity index (χ0) is 19.3. The van der Waals surface area contributed by atoms with Crippen LogP contribution in [-0.2, 0) is 16.0 Å². The number of benzene rings is 2. The quantitative estimate of drug-likeness (QED) is 0.783. The van der Waals surface area contributed by atoms with Crippen LogP contribution in [0.25, 0.3) is 0 Å². The Balaban J connectivity index is 1.60. The second kappa shape index (κ2) is 8.33. The lowest BCUT2D eigenvalue weighted by Gasteiger charge is -2.29. The van der Waals surface area contributed by atoms with Crippen LogP contribution in [0.5, 0.6) is 0 Å². The molecule has 0 radical (unpaired) electrons. The maximum Gasteiger partial charge on any atom is 0.220 e. The summed E-state index contributed by atoms with van der Waals surface area (Å²) < 4.78 is 13.2. The van der Waals surface area contributed by atoms with Gasteiger partial charge in [-0.15, -0.1) is 0 Å². The third-order valence-corrected chi connectivity index (χ3v) is 5.20. The molecule has 2 aromatic carbocycles. The number of amides is 2. The first-order valence-electron chi connectivity index (χ1n) is 9.36. The number of carbonyl (C=O) groups excluding carboxylic acids is 2. The highest BCUT2D eigenvalue weighted by Crippen LogP contribution is 2.29. The molecule has 2 atom stereocenters. The maximum absolute atomic E-state index is 13.2. The maximum atomic E-state index is 13.2. The van der Waals surface area contributed by atoms with Gasteiger partial charge in [0, 0.05) is 18.4 Å². The van der Waals surface area contributed by atoms with Gasteiger partial charge in [-0.2, -0.15) is 0 Å². The minimum absolute atomic E-state index is 0.00942. The van der Waals surface area contributed by atoms with Crippen molar-refractivity contribution in [1.29, 1.82) is 0 Å². The van der Waals surface area contributed by atoms with Crippen molar-refractivity contribution in [2.75, 3.05) is 0 Å². The van der Waals surface area contributed by atoms with E-state index >= 15 is 0 Å². The molecule has 1 aliphatic heterocycles. The van der Waals surface area contributed by atoms with Gasteiger partial charge in [-0.05, 0) is 49.4 Å². The van der Waals surface area contributed by atoms with E-state index in [4.69, 9.17) is 0 Å². The summed E-state index contributed by atoms with van der Waals surface area (Å²) in [6, 6.07) is 16.1. The Morgan fingerprint density at radius 3 is 2.52 bits per heavy atom. The SMILES string of the molecule is C[C@H](NC(=O)CC[C@]1(Cc2ccc(F)cc2)CCC(=O)N1)c1ccccc1. The third kappa shape index (κ3) is 5.16. The molecule has 2 aromatic rings. The molecular formula is C22H25FN2O2. The van der Waals surface area contributed by atoms with Gasteiger partial charge in [0.2, 0.25) is 11.8 Å². The van der Waals surface area contributed by atoms with Gasteiger partial charge in [-0.1, -0.05) is 42.5 Å². The van der Waals surface area contributed by atoms with Crippen molar-refractivity contribution in [2.24, 2.45) is 0 Å². The Hall–Kier alpha value is -2.69. The molecular weight excluding hydrogens is 343 g/mol. The lowest BCUT2D eigenvalue weighted by Crippen LogP contribution is -2.44. The summed E-state index contributed by atoms with van der Waals surface area (Å²) >= 11 is 0. The minimum atomic E-state index is -0.442. The summed E-state index contributed by atoms with van der Waals surface area (Å²) in [6.07, 6.45) is 2.64. The van der Waals surface area contributed by atoms with Crippen molar-refractivity contribution >= 4 is 11.8 Å². The smallest absolute Gasteiger partial charge is 0.220 e. The van der Waals surface area contributed by atoms with E-state index in [0.717, 1.165) is 11.1 Å². The van der Waals surface area contributed by atoms with Crippen LogP contribution >= 0.6 is 0 Å². The highest BCUT2D eigenvalue weighted by molar-refractivity contribution is 5.80. The fourth-order valence-electron chi connectivity index (χ4n) is 3.67. The van der Waals surface area contributed by atoms with E-state index < -0.39 is 5.54 Å². The minimum Gasteiger partial charge on any atom is -0.350 e. The molecule has 1 heterocycles. The van der Waals surface area contributed by atoms with Crippen LogP contribution in [-0.4, -0.2) is 17.4 Å². The van der Waals surface area contributed by atoms with E-state index in [-0.39, 0.29) is 23.7 Å². The Morgan fingerprint density at radius 1 is 1.19 bits per heavy atom. The zero-order valence-electron chi connectivity index (χ0n) is 15.5. The van der Waals surface area contributed by atoms with Crippen LogP contribution in [0.1, 0.15) is 49.8 Å². The van der Waals surface area contributed by atoms with Crippen LogP contribution in [0, 0.1) is 5.82 Å². The van der Waals surface area contributed by atoms with Crippen molar-refractivity contribution in [2.45, 2.75) is 50.6 Å². The van der Waals surface area contributed by atoms with Crippen LogP contribution in [0.3, 0.4) is 0 Å². The van der Waals surface area contributed by atoms with Crippen LogP contribution in [0.4, 0.5) is 4.39 Å². The molecule has 2 amide bonds. The van der Waals surface area contributed by atoms with E-state index in [1.165, 1.54) is 12.1 Å². The predicted octanol–water partition coefficient (Wildman–Crippen LogP) is 3.67. The summed E-state index contributed by atoms with van der Waals surface area (Å²) in [5.74, 6) is -0.307. The number of hydrogen-bond acceptors (Lipinski definition) is 2. The van der Waals surface area contributed by atoms with E-state index in [2.05, 4.69) is 10.6 Å². The number of halogens is 1. The molecule has 0 spiro atoms. The number of hydrogen-bond donors (Lipinski definition) is 2. The van der Waals surface area contributed by atoms with Crippen molar-refractivity contribution in [3.05, 3.63) is 71.5 Å². The average molecular weight is 368 g/mol. The zero-order valence-corrected chi connectivity index (χ0v) is 15.5. The van der Waals surface area contributed by atoms with Crippen molar-refractivity contribution < 1.29 is 14.0 Å². The first-order chi connectivity index (χ1) is 13.0. The molecule has 1 fully saturated rings. The molecule has 4 nitrogen and oxygen atoms in total. The van der Waals surface area contributed by atoms with Crippen molar-refractivity contribution in [3.8, 4) is 0 Å². The molecule has 0 aliphatic carbocycles. The third-order valence-electron chi connectivity index (χ3n) is 5.20. The Labute approximate surface area is 159 Å². The monoisotopic (exact) mass is 368 g/mol. The lowest BCUT2D eigenvalue weighted by atomic mass is 9.85. The predicted molar refractivity (Wildman–Crippen MR) is 102 cm³/mol. The molecule has 0 aromatic heterocycles. The van der Waals surface area contributed by atoms with Gasteiger partial charge < -0.3 is 10.6 Å². The van der Waals surface area contributed by atoms with Gasteiger partial charge in [0.05, 0.1) is 6.04 Å². The summed E-state index contributed by atoms with van der Waals surface area (Å²) in [5, 5.41) is 6.08. The largest absolute Gasteiger partial charge is 0.350 e. The van der Waals surface area contributed by atoms with Crippen molar-refractivity contribution in [1.82, 2.24) is 10.6 Å². The van der Waals surface area contributed by atoms with Gasteiger partial charge >= 0.3 is 0 Å². The molecule has 5 heteroatoms. The fraction of sp³-hybridized carbons (Fsp3) is 0.364. The second-order valence-corrected chi connectivity index (χ2v) is 7.33. The Bertz CT molecular complexity index is 792. The molecule has 3 rings (SSSR count). The molecule has 1 saturated heterocycles. The van der Waals surface area contributed by atoms with Crippen molar-refractivity contribution in [3.63, 3.8) is 0 Å². The standard InChI is InChI=1S/C22H25FN2O2/c1-16(18-5-3-2-4-6-18)24-20(26)11-13-22(14-12-21(27)25-22)15-17-7-9-19(23)10-8-17/h2-10,16H,11-15H2,1H3,(H,24,26)(H,25,27)/t16-,22+/m0/s1. The molecule has 0 unspecified atom stereocenters. The first-order valence-corrected chi connectivity index (χ1v) is 9.36. The summed E-state index contributed by atoms with van der Waals surface area (Å²) in [5.41, 5.74) is 1.57. The molecule has 27 heavy (non-hydrogen) atoms. The van der Waals surface area contributed by atoms with E-state index in [0.29, 0.717) is 32.1 Å². The molecule has 2 N–H and O–H groups in total. The van der Waals surface area contributed by atoms with E-state index in [1.807, 2.05) is 37.3 Å². The number of nitrogens with one attached hydrogen (secondary N) is 2. The van der Waals surface area contributed by atoms with Gasteiger partial charge in [0.25, 0.3) is 0 Å². The van der Waals surface area contributed by atoms with Crippen LogP contribution in [0.2, 0.25) is 0 Å². The Morgan fingerprint density at radius 2 is 1.89 bits per heavy atom. The Kier molecular flexibility index (Phi) is 5.89. The molecule has 142 valence electrons. The highest BCUT2D eigenvalue weighted by Gasteiger charge is 2.37. The van der Waals surface area contributed by atoms with Gasteiger partial charge in [0.15, 0.2) is 0 Å². The molecule has 0 saturated carbocycles. The normalized spacial score (nSPS) is 20.1. The van der Waals surface area contributed by atoms with Crippen LogP contribution in [0.15, 0.2) is 54.6 Å². The molecule has 0 bridgehead atoms. The average Bonchev–Trinajstić information content (AvgIpc) is 3.04. The highest BCUT2D eigenvalue weighted by atomic mass is 19.1. The number of rotatable bonds is 7. The first kappa shape index (κ1) is 19.1.